The lowest BCUT2D eigenvalue weighted by Crippen LogP contribution is -2.62. The predicted octanol–water partition coefficient (Wildman–Crippen LogP) is 1.25. The van der Waals surface area contributed by atoms with E-state index in [2.05, 4.69) is 19.6 Å². The van der Waals surface area contributed by atoms with Gasteiger partial charge in [-0.05, 0) is 19.6 Å². The Labute approximate surface area is 122 Å². The van der Waals surface area contributed by atoms with Gasteiger partial charge in [-0.1, -0.05) is 0 Å². The fraction of sp³-hybridized carbons (Fsp3) is 1.00. The van der Waals surface area contributed by atoms with Crippen molar-refractivity contribution in [3.8, 4) is 0 Å². The number of hydrogen-bond acceptors (Lipinski definition) is 6. The minimum absolute atomic E-state index is 0.233. The van der Waals surface area contributed by atoms with Crippen molar-refractivity contribution < 1.29 is 28.1 Å². The van der Waals surface area contributed by atoms with Gasteiger partial charge in [0.05, 0.1) is 6.61 Å². The molecule has 6 nitrogen and oxygen atoms in total. The lowest BCUT2D eigenvalue weighted by atomic mass is 9.99. The Morgan fingerprint density at radius 3 is 1.85 bits per heavy atom. The molecular weight excluding hydrogens is 280 g/mol. The quantitative estimate of drug-likeness (QED) is 0.660. The van der Waals surface area contributed by atoms with Gasteiger partial charge >= 0.3 is 0 Å². The molecule has 0 aromatic rings. The van der Waals surface area contributed by atoms with Crippen molar-refractivity contribution in [1.29, 1.82) is 0 Å². The Morgan fingerprint density at radius 1 is 0.850 bits per heavy atom. The van der Waals surface area contributed by atoms with Crippen molar-refractivity contribution in [2.24, 2.45) is 0 Å². The molecule has 0 radical (unpaired) electrons. The van der Waals surface area contributed by atoms with Crippen molar-refractivity contribution in [2.75, 3.05) is 35.0 Å². The molecule has 0 unspecified atom stereocenters. The molecule has 0 N–H and O–H groups in total. The summed E-state index contributed by atoms with van der Waals surface area (Å²) in [6, 6.07) is 0. The first-order valence-electron chi connectivity index (χ1n) is 6.78. The van der Waals surface area contributed by atoms with E-state index >= 15 is 0 Å². The third-order valence-corrected chi connectivity index (χ3v) is 4.17. The third kappa shape index (κ3) is 4.49. The second kappa shape index (κ2) is 7.84. The molecule has 7 heteroatoms. The van der Waals surface area contributed by atoms with Crippen LogP contribution in [-0.4, -0.2) is 74.1 Å². The lowest BCUT2D eigenvalue weighted by Gasteiger charge is -2.46. The Bertz CT molecular complexity index is 283. The van der Waals surface area contributed by atoms with Gasteiger partial charge in [0.1, 0.15) is 24.4 Å². The van der Waals surface area contributed by atoms with Crippen LogP contribution < -0.4 is 0 Å². The monoisotopic (exact) mass is 308 g/mol. The molecule has 0 aliphatic carbocycles. The lowest BCUT2D eigenvalue weighted by molar-refractivity contribution is -0.301. The van der Waals surface area contributed by atoms with E-state index in [4.69, 9.17) is 28.1 Å². The summed E-state index contributed by atoms with van der Waals surface area (Å²) in [6.07, 6.45) is -1.56. The largest absolute Gasteiger partial charge is 0.409 e. The van der Waals surface area contributed by atoms with Crippen molar-refractivity contribution in [2.45, 2.75) is 50.3 Å². The second-order valence-corrected chi connectivity index (χ2v) is 10.3. The highest BCUT2D eigenvalue weighted by atomic mass is 28.4. The zero-order valence-corrected chi connectivity index (χ0v) is 14.5. The highest BCUT2D eigenvalue weighted by Gasteiger charge is 2.48. The fourth-order valence-corrected chi connectivity index (χ4v) is 3.54. The van der Waals surface area contributed by atoms with Crippen LogP contribution in [0.1, 0.15) is 0 Å². The van der Waals surface area contributed by atoms with Crippen molar-refractivity contribution in [3.63, 3.8) is 0 Å². The summed E-state index contributed by atoms with van der Waals surface area (Å²) in [4.78, 5) is 0. The van der Waals surface area contributed by atoms with Gasteiger partial charge in [0.25, 0.3) is 0 Å². The van der Waals surface area contributed by atoms with Gasteiger partial charge in [0.2, 0.25) is 0 Å². The highest BCUT2D eigenvalue weighted by molar-refractivity contribution is 6.69. The van der Waals surface area contributed by atoms with Crippen LogP contribution in [0.3, 0.4) is 0 Å². The molecule has 0 aromatic heterocycles. The van der Waals surface area contributed by atoms with Gasteiger partial charge in [0.15, 0.2) is 14.6 Å². The molecule has 0 bridgehead atoms. The van der Waals surface area contributed by atoms with Crippen molar-refractivity contribution >= 4 is 8.32 Å². The summed E-state index contributed by atoms with van der Waals surface area (Å²) in [7, 11) is 4.74. The van der Waals surface area contributed by atoms with Gasteiger partial charge in [0, 0.05) is 28.4 Å². The van der Waals surface area contributed by atoms with Crippen LogP contribution in [0.5, 0.6) is 0 Å². The first-order valence-corrected chi connectivity index (χ1v) is 10.2. The summed E-state index contributed by atoms with van der Waals surface area (Å²) in [5, 5.41) is 0. The summed E-state index contributed by atoms with van der Waals surface area (Å²) < 4.78 is 33.9. The average Bonchev–Trinajstić information content (AvgIpc) is 2.38. The molecule has 0 saturated carbocycles. The molecule has 0 spiro atoms. The molecule has 1 rings (SSSR count). The van der Waals surface area contributed by atoms with Gasteiger partial charge < -0.3 is 28.1 Å². The highest BCUT2D eigenvalue weighted by Crippen LogP contribution is 2.29. The molecule has 120 valence electrons. The van der Waals surface area contributed by atoms with E-state index < -0.39 is 14.6 Å². The van der Waals surface area contributed by atoms with E-state index in [1.54, 1.807) is 28.4 Å². The minimum Gasteiger partial charge on any atom is -0.409 e. The molecule has 5 atom stereocenters. The maximum atomic E-state index is 6.25. The molecule has 0 aromatic carbocycles. The SMILES string of the molecule is COC[C@H]1O[C@@H](OC)[C@H](OC)[C@@H](OC)[C@@H]1O[Si](C)(C)C. The van der Waals surface area contributed by atoms with Crippen LogP contribution >= 0.6 is 0 Å². The van der Waals surface area contributed by atoms with Crippen LogP contribution in [0.4, 0.5) is 0 Å². The van der Waals surface area contributed by atoms with Crippen molar-refractivity contribution in [3.05, 3.63) is 0 Å². The zero-order valence-electron chi connectivity index (χ0n) is 13.5. The van der Waals surface area contributed by atoms with Gasteiger partial charge in [-0.3, -0.25) is 0 Å². The van der Waals surface area contributed by atoms with E-state index in [1.807, 2.05) is 0 Å². The minimum atomic E-state index is -1.76. The van der Waals surface area contributed by atoms with E-state index in [0.717, 1.165) is 0 Å². The molecule has 1 aliphatic rings. The third-order valence-electron chi connectivity index (χ3n) is 3.19. The van der Waals surface area contributed by atoms with E-state index in [9.17, 15) is 0 Å². The molecule has 1 fully saturated rings. The van der Waals surface area contributed by atoms with Crippen LogP contribution in [-0.2, 0) is 28.1 Å². The normalized spacial score (nSPS) is 35.2. The maximum absolute atomic E-state index is 6.25. The summed E-state index contributed by atoms with van der Waals surface area (Å²) in [5.41, 5.74) is 0. The molecule has 1 saturated heterocycles. The Kier molecular flexibility index (Phi) is 7.06. The van der Waals surface area contributed by atoms with E-state index in [0.29, 0.717) is 6.61 Å². The van der Waals surface area contributed by atoms with E-state index in [1.165, 1.54) is 0 Å². The maximum Gasteiger partial charge on any atom is 0.186 e. The first-order chi connectivity index (χ1) is 9.37. The van der Waals surface area contributed by atoms with Crippen LogP contribution in [0.2, 0.25) is 19.6 Å². The number of hydrogen-bond donors (Lipinski definition) is 0. The average molecular weight is 308 g/mol. The topological polar surface area (TPSA) is 55.4 Å². The Hall–Kier alpha value is -0.0231. The predicted molar refractivity (Wildman–Crippen MR) is 77.4 cm³/mol. The Morgan fingerprint density at radius 2 is 1.45 bits per heavy atom. The zero-order chi connectivity index (χ0) is 15.3. The standard InChI is InChI=1S/C13H28O6Si/c1-14-8-9-10(19-20(5,6)7)11(15-2)12(16-3)13(17-4)18-9/h9-13H,8H2,1-7H3/t9-,10-,11+,12-,13-/m1/s1. The van der Waals surface area contributed by atoms with Gasteiger partial charge in [-0.25, -0.2) is 0 Å². The van der Waals surface area contributed by atoms with Crippen LogP contribution in [0.15, 0.2) is 0 Å². The molecule has 20 heavy (non-hydrogen) atoms. The smallest absolute Gasteiger partial charge is 0.186 e. The van der Waals surface area contributed by atoms with Crippen LogP contribution in [0.25, 0.3) is 0 Å². The summed E-state index contributed by atoms with van der Waals surface area (Å²) >= 11 is 0. The Balaban J connectivity index is 2.98. The van der Waals surface area contributed by atoms with E-state index in [-0.39, 0.29) is 24.4 Å². The van der Waals surface area contributed by atoms with Crippen molar-refractivity contribution in [1.82, 2.24) is 0 Å². The number of ether oxygens (including phenoxy) is 5. The molecular formula is C13H28O6Si. The summed E-state index contributed by atoms with van der Waals surface area (Å²) in [6.45, 7) is 6.82. The fourth-order valence-electron chi connectivity index (χ4n) is 2.43. The van der Waals surface area contributed by atoms with Gasteiger partial charge in [-0.15, -0.1) is 0 Å². The number of methoxy groups -OCH3 is 4. The molecule has 1 aliphatic heterocycles. The molecule has 0 amide bonds. The second-order valence-electron chi connectivity index (χ2n) is 5.83. The molecule has 1 heterocycles. The number of rotatable bonds is 7. The first kappa shape index (κ1) is 18.0. The van der Waals surface area contributed by atoms with Gasteiger partial charge in [-0.2, -0.15) is 0 Å². The summed E-state index contributed by atoms with van der Waals surface area (Å²) in [5.74, 6) is 0. The van der Waals surface area contributed by atoms with Crippen LogP contribution in [0, 0.1) is 0 Å².